The standard InChI is InChI=1S/C11H20O4/c1-4-6-8-15-10(13)11(3,14)9(12)7-5-2/h14H,4-8H2,1-3H3/t11-/m1/s1. The zero-order valence-electron chi connectivity index (χ0n) is 9.71. The molecule has 0 rings (SSSR count). The molecule has 0 spiro atoms. The molecule has 0 aliphatic carbocycles. The number of hydrogen-bond donors (Lipinski definition) is 1. The minimum absolute atomic E-state index is 0.190. The van der Waals surface area contributed by atoms with E-state index in [1.807, 2.05) is 13.8 Å². The van der Waals surface area contributed by atoms with E-state index in [0.29, 0.717) is 6.42 Å². The van der Waals surface area contributed by atoms with Crippen LogP contribution in [0.5, 0.6) is 0 Å². The Balaban J connectivity index is 4.19. The zero-order valence-corrected chi connectivity index (χ0v) is 9.71. The van der Waals surface area contributed by atoms with Crippen LogP contribution in [0.2, 0.25) is 0 Å². The molecule has 0 aliphatic heterocycles. The van der Waals surface area contributed by atoms with Gasteiger partial charge in [-0.15, -0.1) is 0 Å². The average molecular weight is 216 g/mol. The molecule has 88 valence electrons. The Labute approximate surface area is 90.6 Å². The van der Waals surface area contributed by atoms with Crippen LogP contribution in [0.3, 0.4) is 0 Å². The van der Waals surface area contributed by atoms with E-state index in [4.69, 9.17) is 4.74 Å². The largest absolute Gasteiger partial charge is 0.463 e. The van der Waals surface area contributed by atoms with Gasteiger partial charge in [0.25, 0.3) is 0 Å². The van der Waals surface area contributed by atoms with Crippen LogP contribution in [0, 0.1) is 0 Å². The van der Waals surface area contributed by atoms with Crippen molar-refractivity contribution in [2.45, 2.75) is 52.1 Å². The maximum absolute atomic E-state index is 11.4. The topological polar surface area (TPSA) is 63.6 Å². The first-order valence-corrected chi connectivity index (χ1v) is 5.39. The number of Topliss-reactive ketones (excluding diaryl/α,β-unsaturated/α-hetero) is 1. The molecule has 0 aliphatic rings. The lowest BCUT2D eigenvalue weighted by Crippen LogP contribution is -2.44. The summed E-state index contributed by atoms with van der Waals surface area (Å²) in [5, 5.41) is 9.66. The third-order valence-electron chi connectivity index (χ3n) is 2.15. The first-order chi connectivity index (χ1) is 6.96. The molecule has 15 heavy (non-hydrogen) atoms. The number of aliphatic hydroxyl groups is 1. The molecule has 1 N–H and O–H groups in total. The van der Waals surface area contributed by atoms with Crippen LogP contribution in [0.1, 0.15) is 46.5 Å². The Kier molecular flexibility index (Phi) is 6.17. The van der Waals surface area contributed by atoms with Gasteiger partial charge in [-0.3, -0.25) is 4.79 Å². The SMILES string of the molecule is CCCCOC(=O)[C@](C)(O)C(=O)CCC. The van der Waals surface area contributed by atoms with Gasteiger partial charge in [0.1, 0.15) is 0 Å². The number of unbranched alkanes of at least 4 members (excludes halogenated alkanes) is 1. The lowest BCUT2D eigenvalue weighted by molar-refractivity contribution is -0.168. The van der Waals surface area contributed by atoms with Gasteiger partial charge in [-0.1, -0.05) is 20.3 Å². The Morgan fingerprint density at radius 3 is 2.33 bits per heavy atom. The lowest BCUT2D eigenvalue weighted by atomic mass is 9.98. The molecule has 0 fully saturated rings. The Bertz CT molecular complexity index is 221. The van der Waals surface area contributed by atoms with Crippen LogP contribution in [0.4, 0.5) is 0 Å². The molecule has 0 radical (unpaired) electrons. The van der Waals surface area contributed by atoms with Crippen LogP contribution in [-0.4, -0.2) is 29.1 Å². The van der Waals surface area contributed by atoms with Crippen molar-refractivity contribution >= 4 is 11.8 Å². The first-order valence-electron chi connectivity index (χ1n) is 5.39. The summed E-state index contributed by atoms with van der Waals surface area (Å²) in [6.45, 7) is 5.23. The highest BCUT2D eigenvalue weighted by Gasteiger charge is 2.39. The van der Waals surface area contributed by atoms with Gasteiger partial charge in [0.2, 0.25) is 5.60 Å². The summed E-state index contributed by atoms with van der Waals surface area (Å²) in [5.74, 6) is -1.32. The van der Waals surface area contributed by atoms with E-state index in [-0.39, 0.29) is 13.0 Å². The Morgan fingerprint density at radius 2 is 1.87 bits per heavy atom. The molecule has 0 unspecified atom stereocenters. The molecule has 0 aromatic rings. The van der Waals surface area contributed by atoms with Crippen molar-refractivity contribution in [1.29, 1.82) is 0 Å². The monoisotopic (exact) mass is 216 g/mol. The van der Waals surface area contributed by atoms with Gasteiger partial charge in [-0.2, -0.15) is 0 Å². The molecule has 0 bridgehead atoms. The average Bonchev–Trinajstić information content (AvgIpc) is 2.18. The molecule has 1 atom stereocenters. The lowest BCUT2D eigenvalue weighted by Gasteiger charge is -2.19. The van der Waals surface area contributed by atoms with Gasteiger partial charge in [0, 0.05) is 6.42 Å². The first kappa shape index (κ1) is 14.1. The minimum Gasteiger partial charge on any atom is -0.463 e. The van der Waals surface area contributed by atoms with E-state index >= 15 is 0 Å². The Hall–Kier alpha value is -0.900. The predicted octanol–water partition coefficient (Wildman–Crippen LogP) is 1.45. The molecule has 0 aromatic carbocycles. The quantitative estimate of drug-likeness (QED) is 0.397. The molecular formula is C11H20O4. The summed E-state index contributed by atoms with van der Waals surface area (Å²) in [4.78, 5) is 22.8. The second kappa shape index (κ2) is 6.56. The van der Waals surface area contributed by atoms with E-state index in [9.17, 15) is 14.7 Å². The van der Waals surface area contributed by atoms with E-state index in [2.05, 4.69) is 0 Å². The number of ketones is 1. The van der Waals surface area contributed by atoms with Crippen LogP contribution in [0.25, 0.3) is 0 Å². The molecule has 4 heteroatoms. The van der Waals surface area contributed by atoms with Crippen LogP contribution < -0.4 is 0 Å². The van der Waals surface area contributed by atoms with Gasteiger partial charge >= 0.3 is 5.97 Å². The summed E-state index contributed by atoms with van der Waals surface area (Å²) in [5.41, 5.74) is -1.98. The number of carbonyl (C=O) groups excluding carboxylic acids is 2. The summed E-state index contributed by atoms with van der Waals surface area (Å²) in [6.07, 6.45) is 2.44. The van der Waals surface area contributed by atoms with Crippen molar-refractivity contribution < 1.29 is 19.4 Å². The molecule has 0 amide bonds. The van der Waals surface area contributed by atoms with Gasteiger partial charge in [0.05, 0.1) is 6.61 Å². The predicted molar refractivity (Wildman–Crippen MR) is 56.4 cm³/mol. The van der Waals surface area contributed by atoms with Crippen molar-refractivity contribution in [3.63, 3.8) is 0 Å². The second-order valence-electron chi connectivity index (χ2n) is 3.73. The fraction of sp³-hybridized carbons (Fsp3) is 0.818. The number of carbonyl (C=O) groups is 2. The second-order valence-corrected chi connectivity index (χ2v) is 3.73. The zero-order chi connectivity index (χ0) is 11.9. The fourth-order valence-corrected chi connectivity index (χ4v) is 1.03. The number of esters is 1. The number of rotatable bonds is 7. The third kappa shape index (κ3) is 4.42. The van der Waals surface area contributed by atoms with Crippen molar-refractivity contribution in [2.24, 2.45) is 0 Å². The van der Waals surface area contributed by atoms with E-state index in [1.165, 1.54) is 6.92 Å². The molecule has 4 nitrogen and oxygen atoms in total. The maximum Gasteiger partial charge on any atom is 0.345 e. The smallest absolute Gasteiger partial charge is 0.345 e. The van der Waals surface area contributed by atoms with Crippen molar-refractivity contribution in [3.05, 3.63) is 0 Å². The molecule has 0 saturated heterocycles. The van der Waals surface area contributed by atoms with E-state index in [1.54, 1.807) is 0 Å². The van der Waals surface area contributed by atoms with Gasteiger partial charge < -0.3 is 9.84 Å². The van der Waals surface area contributed by atoms with Crippen LogP contribution >= 0.6 is 0 Å². The fourth-order valence-electron chi connectivity index (χ4n) is 1.03. The third-order valence-corrected chi connectivity index (χ3v) is 2.15. The van der Waals surface area contributed by atoms with Gasteiger partial charge in [-0.05, 0) is 19.8 Å². The van der Waals surface area contributed by atoms with Crippen LogP contribution in [-0.2, 0) is 14.3 Å². The highest BCUT2D eigenvalue weighted by molar-refractivity contribution is 6.06. The van der Waals surface area contributed by atoms with Crippen molar-refractivity contribution in [3.8, 4) is 0 Å². The summed E-state index contributed by atoms with van der Waals surface area (Å²) in [7, 11) is 0. The summed E-state index contributed by atoms with van der Waals surface area (Å²) < 4.78 is 4.80. The molecule has 0 aromatic heterocycles. The molecule has 0 saturated carbocycles. The summed E-state index contributed by atoms with van der Waals surface area (Å²) in [6, 6.07) is 0. The van der Waals surface area contributed by atoms with Gasteiger partial charge in [-0.25, -0.2) is 4.79 Å². The van der Waals surface area contributed by atoms with E-state index in [0.717, 1.165) is 12.8 Å². The highest BCUT2D eigenvalue weighted by Crippen LogP contribution is 2.12. The molecular weight excluding hydrogens is 196 g/mol. The maximum atomic E-state index is 11.4. The van der Waals surface area contributed by atoms with Crippen molar-refractivity contribution in [1.82, 2.24) is 0 Å². The normalized spacial score (nSPS) is 14.4. The highest BCUT2D eigenvalue weighted by atomic mass is 16.5. The van der Waals surface area contributed by atoms with Gasteiger partial charge in [0.15, 0.2) is 5.78 Å². The molecule has 0 heterocycles. The minimum atomic E-state index is -1.98. The van der Waals surface area contributed by atoms with E-state index < -0.39 is 17.4 Å². The number of ether oxygens (including phenoxy) is 1. The number of hydrogen-bond acceptors (Lipinski definition) is 4. The summed E-state index contributed by atoms with van der Waals surface area (Å²) >= 11 is 0. The Morgan fingerprint density at radius 1 is 1.27 bits per heavy atom. The van der Waals surface area contributed by atoms with Crippen LogP contribution in [0.15, 0.2) is 0 Å². The van der Waals surface area contributed by atoms with Crippen molar-refractivity contribution in [2.75, 3.05) is 6.61 Å².